The van der Waals surface area contributed by atoms with Crippen molar-refractivity contribution in [1.29, 1.82) is 0 Å². The lowest BCUT2D eigenvalue weighted by atomic mass is 9.87. The number of carbonyl (C=O) groups excluding carboxylic acids is 2. The first-order valence-electron chi connectivity index (χ1n) is 10.6. The van der Waals surface area contributed by atoms with Crippen LogP contribution in [0.25, 0.3) is 10.8 Å². The van der Waals surface area contributed by atoms with Crippen molar-refractivity contribution in [3.8, 4) is 0 Å². The monoisotopic (exact) mass is 417 g/mol. The molecule has 0 bridgehead atoms. The number of rotatable bonds is 5. The van der Waals surface area contributed by atoms with Gasteiger partial charge in [-0.05, 0) is 16.8 Å². The van der Waals surface area contributed by atoms with Crippen molar-refractivity contribution in [2.75, 3.05) is 37.9 Å². The van der Waals surface area contributed by atoms with Crippen LogP contribution in [0, 0.1) is 0 Å². The second kappa shape index (κ2) is 7.89. The van der Waals surface area contributed by atoms with E-state index in [1.54, 1.807) is 23.1 Å². The van der Waals surface area contributed by atoms with Crippen LogP contribution in [0.1, 0.15) is 22.3 Å². The highest BCUT2D eigenvalue weighted by molar-refractivity contribution is 6.13. The summed E-state index contributed by atoms with van der Waals surface area (Å²) in [7, 11) is 0. The van der Waals surface area contributed by atoms with Gasteiger partial charge in [-0.3, -0.25) is 14.5 Å². The van der Waals surface area contributed by atoms with Crippen molar-refractivity contribution >= 4 is 28.2 Å². The number of hydrogen-bond acceptors (Lipinski definition) is 4. The van der Waals surface area contributed by atoms with E-state index in [1.165, 1.54) is 4.90 Å². The maximum atomic E-state index is 13.5. The molecule has 0 radical (unpaired) electrons. The highest BCUT2D eigenvalue weighted by Crippen LogP contribution is 2.42. The summed E-state index contributed by atoms with van der Waals surface area (Å²) in [6.45, 7) is 3.37. The first-order valence-corrected chi connectivity index (χ1v) is 10.6. The predicted molar refractivity (Wildman–Crippen MR) is 117 cm³/mol. The zero-order valence-electron chi connectivity index (χ0n) is 17.2. The van der Waals surface area contributed by atoms with Gasteiger partial charge in [-0.2, -0.15) is 0 Å². The third kappa shape index (κ3) is 3.43. The highest BCUT2D eigenvalue weighted by Gasteiger charge is 2.51. The van der Waals surface area contributed by atoms with Gasteiger partial charge in [-0.25, -0.2) is 0 Å². The molecule has 1 amide bonds. The maximum Gasteiger partial charge on any atom is 0.268 e. The number of amides is 1. The Morgan fingerprint density at radius 3 is 2.55 bits per heavy atom. The predicted octanol–water partition coefficient (Wildman–Crippen LogP) is 1.52. The Hall–Kier alpha value is -3.06. The van der Waals surface area contributed by atoms with E-state index in [0.717, 1.165) is 23.9 Å². The molecule has 6 nitrogen and oxygen atoms in total. The molecule has 2 aliphatic rings. The molecule has 1 fully saturated rings. The molecular weight excluding hydrogens is 392 g/mol. The summed E-state index contributed by atoms with van der Waals surface area (Å²) in [6.07, 6.45) is -0.286. The van der Waals surface area contributed by atoms with E-state index >= 15 is 0 Å². The summed E-state index contributed by atoms with van der Waals surface area (Å²) in [6, 6.07) is 20.4. The molecule has 0 spiro atoms. The molecule has 2 N–H and O–H groups in total. The number of para-hydroxylation sites is 1. The minimum Gasteiger partial charge on any atom is -0.375 e. The average molecular weight is 417 g/mol. The number of hydrogen-bond donors (Lipinski definition) is 2. The number of benzene rings is 3. The fourth-order valence-corrected chi connectivity index (χ4v) is 4.67. The molecule has 0 aliphatic carbocycles. The fraction of sp³-hybridized carbons (Fsp3) is 0.280. The molecule has 31 heavy (non-hydrogen) atoms. The van der Waals surface area contributed by atoms with Crippen molar-refractivity contribution in [1.82, 2.24) is 0 Å². The lowest BCUT2D eigenvalue weighted by Crippen LogP contribution is -3.15. The van der Waals surface area contributed by atoms with Crippen LogP contribution in [0.4, 0.5) is 5.69 Å². The van der Waals surface area contributed by atoms with Crippen molar-refractivity contribution in [3.05, 3.63) is 77.9 Å². The van der Waals surface area contributed by atoms with Gasteiger partial charge in [0.25, 0.3) is 5.91 Å². The summed E-state index contributed by atoms with van der Waals surface area (Å²) >= 11 is 0. The summed E-state index contributed by atoms with van der Waals surface area (Å²) in [5.41, 5.74) is -0.161. The van der Waals surface area contributed by atoms with Gasteiger partial charge >= 0.3 is 0 Å². The number of Topliss-reactive ketones (excluding diaryl/α,β-unsaturated/α-hetero) is 1. The first-order chi connectivity index (χ1) is 15.1. The number of nitrogens with one attached hydrogen (secondary N) is 1. The first kappa shape index (κ1) is 19.9. The molecule has 0 saturated carbocycles. The van der Waals surface area contributed by atoms with Crippen molar-refractivity contribution in [2.24, 2.45) is 0 Å². The molecule has 3 aromatic carbocycles. The molecule has 5 rings (SSSR count). The van der Waals surface area contributed by atoms with E-state index < -0.39 is 11.5 Å². The van der Waals surface area contributed by atoms with Gasteiger partial charge in [-0.1, -0.05) is 60.7 Å². The quantitative estimate of drug-likeness (QED) is 0.618. The number of carbonyl (C=O) groups is 2. The minimum absolute atomic E-state index is 0.247. The summed E-state index contributed by atoms with van der Waals surface area (Å²) in [5, 5.41) is 13.4. The molecule has 3 aromatic rings. The van der Waals surface area contributed by atoms with Gasteiger partial charge in [0.15, 0.2) is 18.1 Å². The van der Waals surface area contributed by atoms with E-state index in [2.05, 4.69) is 0 Å². The van der Waals surface area contributed by atoms with Gasteiger partial charge in [0.1, 0.15) is 13.1 Å². The van der Waals surface area contributed by atoms with Crippen molar-refractivity contribution in [3.63, 3.8) is 0 Å². The molecule has 2 heterocycles. The summed E-state index contributed by atoms with van der Waals surface area (Å²) in [4.78, 5) is 29.6. The van der Waals surface area contributed by atoms with E-state index in [9.17, 15) is 14.7 Å². The second-order valence-electron chi connectivity index (χ2n) is 8.26. The number of ketones is 1. The van der Waals surface area contributed by atoms with Crippen LogP contribution < -0.4 is 9.80 Å². The van der Waals surface area contributed by atoms with Gasteiger partial charge in [0, 0.05) is 11.1 Å². The van der Waals surface area contributed by atoms with E-state index in [1.807, 2.05) is 48.5 Å². The van der Waals surface area contributed by atoms with Crippen LogP contribution in [0.2, 0.25) is 0 Å². The lowest BCUT2D eigenvalue weighted by Gasteiger charge is -2.29. The van der Waals surface area contributed by atoms with Crippen LogP contribution in [-0.4, -0.2) is 49.8 Å². The molecule has 1 atom stereocenters. The second-order valence-corrected chi connectivity index (χ2v) is 8.26. The van der Waals surface area contributed by atoms with Crippen molar-refractivity contribution < 1.29 is 24.3 Å². The topological polar surface area (TPSA) is 71.3 Å². The molecule has 0 aromatic heterocycles. The number of aliphatic hydroxyl groups is 1. The van der Waals surface area contributed by atoms with Crippen LogP contribution in [0.3, 0.4) is 0 Å². The smallest absolute Gasteiger partial charge is 0.268 e. The van der Waals surface area contributed by atoms with Crippen LogP contribution in [0.15, 0.2) is 66.7 Å². The largest absolute Gasteiger partial charge is 0.375 e. The van der Waals surface area contributed by atoms with Crippen molar-refractivity contribution in [2.45, 2.75) is 12.0 Å². The molecule has 2 aliphatic heterocycles. The normalized spacial score (nSPS) is 21.5. The van der Waals surface area contributed by atoms with Crippen LogP contribution >= 0.6 is 0 Å². The van der Waals surface area contributed by atoms with E-state index in [4.69, 9.17) is 4.74 Å². The maximum absolute atomic E-state index is 13.5. The molecule has 0 unspecified atom stereocenters. The Bertz CT molecular complexity index is 1150. The van der Waals surface area contributed by atoms with E-state index in [0.29, 0.717) is 36.7 Å². The molecule has 1 saturated heterocycles. The third-order valence-electron chi connectivity index (χ3n) is 6.33. The highest BCUT2D eigenvalue weighted by atomic mass is 16.5. The standard InChI is InChI=1S/C25H24N2O4/c28-23(20-9-5-7-18-6-1-2-8-19(18)20)16-25(30)21-10-3-4-11-22(21)27(24(25)29)17-26-12-14-31-15-13-26/h1-11,30H,12-17H2/p+1/t25-/m1/s1. The Kier molecular flexibility index (Phi) is 5.06. The molecular formula is C25H25N2O4+. The minimum atomic E-state index is -1.86. The van der Waals surface area contributed by atoms with Gasteiger partial charge < -0.3 is 14.7 Å². The average Bonchev–Trinajstić information content (AvgIpc) is 3.01. The number of quaternary nitrogens is 1. The fourth-order valence-electron chi connectivity index (χ4n) is 4.67. The Balaban J connectivity index is 1.48. The zero-order valence-corrected chi connectivity index (χ0v) is 17.2. The number of ether oxygens (including phenoxy) is 1. The Morgan fingerprint density at radius 1 is 1.00 bits per heavy atom. The number of morpholine rings is 1. The lowest BCUT2D eigenvalue weighted by molar-refractivity contribution is -0.906. The van der Waals surface area contributed by atoms with E-state index in [-0.39, 0.29) is 12.2 Å². The Morgan fingerprint density at radius 2 is 1.71 bits per heavy atom. The van der Waals surface area contributed by atoms with Gasteiger partial charge in [-0.15, -0.1) is 0 Å². The number of anilines is 1. The molecule has 6 heteroatoms. The van der Waals surface area contributed by atoms with Crippen LogP contribution in [0.5, 0.6) is 0 Å². The van der Waals surface area contributed by atoms with Gasteiger partial charge in [0.2, 0.25) is 0 Å². The zero-order chi connectivity index (χ0) is 21.4. The van der Waals surface area contributed by atoms with Gasteiger partial charge in [0.05, 0.1) is 25.3 Å². The third-order valence-corrected chi connectivity index (χ3v) is 6.33. The summed E-state index contributed by atoms with van der Waals surface area (Å²) in [5.74, 6) is -0.677. The molecule has 158 valence electrons. The SMILES string of the molecule is O=C(C[C@]1(O)C(=O)N(C[NH+]2CCOCC2)c2ccccc21)c1cccc2ccccc12. The number of fused-ring (bicyclic) bond motifs is 2. The van der Waals surface area contributed by atoms with Crippen LogP contribution in [-0.2, 0) is 15.1 Å². The summed E-state index contributed by atoms with van der Waals surface area (Å²) < 4.78 is 5.42. The Labute approximate surface area is 180 Å². The number of nitrogens with zero attached hydrogens (tertiary/aromatic N) is 1.